The van der Waals surface area contributed by atoms with Crippen molar-refractivity contribution in [2.45, 2.75) is 26.2 Å². The molecule has 1 heterocycles. The van der Waals surface area contributed by atoms with E-state index in [1.807, 2.05) is 38.1 Å². The third-order valence-corrected chi connectivity index (χ3v) is 3.51. The summed E-state index contributed by atoms with van der Waals surface area (Å²) >= 11 is 5.89. The molecule has 2 N–H and O–H groups in total. The molecular weight excluding hydrogens is 290 g/mol. The number of nitrogens with one attached hydrogen (secondary N) is 1. The summed E-state index contributed by atoms with van der Waals surface area (Å²) in [7, 11) is 0. The number of phenols is 1. The molecule has 0 amide bonds. The highest BCUT2D eigenvalue weighted by Gasteiger charge is 2.31. The monoisotopic (exact) mass is 305 g/mol. The lowest BCUT2D eigenvalue weighted by Crippen LogP contribution is -2.29. The molecule has 0 aromatic heterocycles. The number of phenolic OH excluding ortho intramolecular Hbond substituents is 1. The van der Waals surface area contributed by atoms with Crippen LogP contribution >= 0.6 is 11.6 Å². The van der Waals surface area contributed by atoms with E-state index in [2.05, 4.69) is 5.32 Å². The Morgan fingerprint density at radius 3 is 2.71 bits per heavy atom. The van der Waals surface area contributed by atoms with Crippen LogP contribution in [0, 0.1) is 0 Å². The molecule has 110 valence electrons. The van der Waals surface area contributed by atoms with Crippen molar-refractivity contribution in [1.82, 2.24) is 0 Å². The third-order valence-electron chi connectivity index (χ3n) is 3.21. The van der Waals surface area contributed by atoms with Crippen LogP contribution in [0.15, 0.2) is 36.4 Å². The first-order valence-corrected chi connectivity index (χ1v) is 7.05. The van der Waals surface area contributed by atoms with Crippen LogP contribution in [0.2, 0.25) is 5.02 Å². The molecule has 0 aliphatic carbocycles. The molecule has 0 spiro atoms. The number of anilines is 1. The Balaban J connectivity index is 1.74. The van der Waals surface area contributed by atoms with E-state index in [-0.39, 0.29) is 5.75 Å². The van der Waals surface area contributed by atoms with Crippen molar-refractivity contribution in [2.75, 3.05) is 5.32 Å². The Kier molecular flexibility index (Phi) is 3.33. The lowest BCUT2D eigenvalue weighted by molar-refractivity contribution is -0.0431. The summed E-state index contributed by atoms with van der Waals surface area (Å²) in [5, 5.41) is 13.5. The topological polar surface area (TPSA) is 50.7 Å². The number of halogens is 1. The van der Waals surface area contributed by atoms with Gasteiger partial charge in [-0.15, -0.1) is 0 Å². The molecule has 0 fully saturated rings. The van der Waals surface area contributed by atoms with E-state index < -0.39 is 5.79 Å². The molecule has 21 heavy (non-hydrogen) atoms. The van der Waals surface area contributed by atoms with Gasteiger partial charge in [0.1, 0.15) is 5.75 Å². The predicted molar refractivity (Wildman–Crippen MR) is 82.2 cm³/mol. The lowest BCUT2D eigenvalue weighted by Gasteiger charge is -2.16. The number of hydrogen-bond acceptors (Lipinski definition) is 4. The SMILES string of the molecule is CC1(C)Oc2ccc(NCc3cccc(Cl)c3O)cc2O1. The highest BCUT2D eigenvalue weighted by Crippen LogP contribution is 2.40. The Morgan fingerprint density at radius 1 is 1.14 bits per heavy atom. The average Bonchev–Trinajstić information content (AvgIpc) is 2.73. The largest absolute Gasteiger partial charge is 0.506 e. The van der Waals surface area contributed by atoms with Gasteiger partial charge in [-0.3, -0.25) is 0 Å². The number of hydrogen-bond donors (Lipinski definition) is 2. The van der Waals surface area contributed by atoms with Gasteiger partial charge >= 0.3 is 0 Å². The number of aromatic hydroxyl groups is 1. The second-order valence-corrected chi connectivity index (χ2v) is 5.77. The smallest absolute Gasteiger partial charge is 0.246 e. The fourth-order valence-corrected chi connectivity index (χ4v) is 2.43. The quantitative estimate of drug-likeness (QED) is 0.894. The maximum Gasteiger partial charge on any atom is 0.246 e. The highest BCUT2D eigenvalue weighted by atomic mass is 35.5. The maximum absolute atomic E-state index is 9.88. The number of fused-ring (bicyclic) bond motifs is 1. The Morgan fingerprint density at radius 2 is 1.90 bits per heavy atom. The van der Waals surface area contributed by atoms with E-state index in [4.69, 9.17) is 21.1 Å². The fraction of sp³-hybridized carbons (Fsp3) is 0.250. The molecule has 5 heteroatoms. The van der Waals surface area contributed by atoms with Crippen molar-refractivity contribution < 1.29 is 14.6 Å². The molecule has 3 rings (SSSR count). The lowest BCUT2D eigenvalue weighted by atomic mass is 10.2. The van der Waals surface area contributed by atoms with E-state index in [0.29, 0.717) is 17.3 Å². The maximum atomic E-state index is 9.88. The van der Waals surface area contributed by atoms with Gasteiger partial charge in [0.05, 0.1) is 5.02 Å². The van der Waals surface area contributed by atoms with Crippen LogP contribution in [0.3, 0.4) is 0 Å². The van der Waals surface area contributed by atoms with E-state index in [1.165, 1.54) is 0 Å². The van der Waals surface area contributed by atoms with Crippen molar-refractivity contribution in [2.24, 2.45) is 0 Å². The van der Waals surface area contributed by atoms with Gasteiger partial charge in [0, 0.05) is 37.7 Å². The van der Waals surface area contributed by atoms with Gasteiger partial charge in [0.25, 0.3) is 0 Å². The van der Waals surface area contributed by atoms with Crippen LogP contribution in [0.4, 0.5) is 5.69 Å². The van der Waals surface area contributed by atoms with Crippen LogP contribution < -0.4 is 14.8 Å². The van der Waals surface area contributed by atoms with E-state index in [9.17, 15) is 5.11 Å². The zero-order chi connectivity index (χ0) is 15.0. The second-order valence-electron chi connectivity index (χ2n) is 5.37. The van der Waals surface area contributed by atoms with Crippen LogP contribution in [0.5, 0.6) is 17.2 Å². The number of benzene rings is 2. The first kappa shape index (κ1) is 13.9. The Labute approximate surface area is 128 Å². The first-order chi connectivity index (χ1) is 9.94. The van der Waals surface area contributed by atoms with Crippen molar-refractivity contribution in [1.29, 1.82) is 0 Å². The molecule has 1 aliphatic rings. The van der Waals surface area contributed by atoms with E-state index in [1.54, 1.807) is 12.1 Å². The molecule has 1 aliphatic heterocycles. The van der Waals surface area contributed by atoms with Gasteiger partial charge < -0.3 is 19.9 Å². The van der Waals surface area contributed by atoms with Crippen molar-refractivity contribution >= 4 is 17.3 Å². The van der Waals surface area contributed by atoms with Crippen LogP contribution in [0.25, 0.3) is 0 Å². The summed E-state index contributed by atoms with van der Waals surface area (Å²) in [5.74, 6) is 0.914. The molecule has 2 aromatic rings. The van der Waals surface area contributed by atoms with Crippen LogP contribution in [-0.4, -0.2) is 10.9 Å². The van der Waals surface area contributed by atoms with E-state index in [0.717, 1.165) is 17.0 Å². The second kappa shape index (κ2) is 5.04. The minimum atomic E-state index is -0.633. The summed E-state index contributed by atoms with van der Waals surface area (Å²) < 4.78 is 11.3. The Hall–Kier alpha value is -2.07. The first-order valence-electron chi connectivity index (χ1n) is 6.67. The minimum absolute atomic E-state index is 0.105. The average molecular weight is 306 g/mol. The summed E-state index contributed by atoms with van der Waals surface area (Å²) in [4.78, 5) is 0. The highest BCUT2D eigenvalue weighted by molar-refractivity contribution is 6.32. The molecule has 0 bridgehead atoms. The van der Waals surface area contributed by atoms with Crippen molar-refractivity contribution in [3.05, 3.63) is 47.0 Å². The van der Waals surface area contributed by atoms with Gasteiger partial charge in [-0.25, -0.2) is 0 Å². The van der Waals surface area contributed by atoms with Gasteiger partial charge in [-0.05, 0) is 18.2 Å². The van der Waals surface area contributed by atoms with Gasteiger partial charge in [-0.2, -0.15) is 0 Å². The van der Waals surface area contributed by atoms with Gasteiger partial charge in [-0.1, -0.05) is 23.7 Å². The normalized spacial score (nSPS) is 15.0. The minimum Gasteiger partial charge on any atom is -0.506 e. The summed E-state index contributed by atoms with van der Waals surface area (Å²) in [6.45, 7) is 4.20. The number of rotatable bonds is 3. The molecule has 0 radical (unpaired) electrons. The van der Waals surface area contributed by atoms with E-state index >= 15 is 0 Å². The fourth-order valence-electron chi connectivity index (χ4n) is 2.23. The molecule has 4 nitrogen and oxygen atoms in total. The predicted octanol–water partition coefficient (Wildman–Crippen LogP) is 4.17. The number of ether oxygens (including phenoxy) is 2. The molecule has 0 unspecified atom stereocenters. The summed E-state index contributed by atoms with van der Waals surface area (Å²) in [6, 6.07) is 10.9. The summed E-state index contributed by atoms with van der Waals surface area (Å²) in [5.41, 5.74) is 1.62. The Bertz CT molecular complexity index is 685. The van der Waals surface area contributed by atoms with Gasteiger partial charge in [0.2, 0.25) is 5.79 Å². The zero-order valence-corrected chi connectivity index (χ0v) is 12.6. The zero-order valence-electron chi connectivity index (χ0n) is 11.8. The van der Waals surface area contributed by atoms with Gasteiger partial charge in [0.15, 0.2) is 11.5 Å². The molecule has 0 saturated carbocycles. The molecule has 0 saturated heterocycles. The standard InChI is InChI=1S/C16H16ClNO3/c1-16(2)20-13-7-6-11(8-14(13)21-16)18-9-10-4-3-5-12(17)15(10)19/h3-8,18-19H,9H2,1-2H3. The molecule has 0 atom stereocenters. The molecular formula is C16H16ClNO3. The van der Waals surface area contributed by atoms with Crippen molar-refractivity contribution in [3.8, 4) is 17.2 Å². The third kappa shape index (κ3) is 2.85. The number of para-hydroxylation sites is 1. The molecule has 2 aromatic carbocycles. The van der Waals surface area contributed by atoms with Crippen LogP contribution in [-0.2, 0) is 6.54 Å². The summed E-state index contributed by atoms with van der Waals surface area (Å²) in [6.07, 6.45) is 0. The van der Waals surface area contributed by atoms with Crippen LogP contribution in [0.1, 0.15) is 19.4 Å². The van der Waals surface area contributed by atoms with Crippen molar-refractivity contribution in [3.63, 3.8) is 0 Å².